The third-order valence-electron chi connectivity index (χ3n) is 6.06. The Morgan fingerprint density at radius 1 is 0.774 bits per heavy atom. The molecular formula is C23H24Cl3N3O2. The van der Waals surface area contributed by atoms with E-state index in [0.29, 0.717) is 54.6 Å². The van der Waals surface area contributed by atoms with Crippen LogP contribution in [0, 0.1) is 5.92 Å². The highest BCUT2D eigenvalue weighted by atomic mass is 35.5. The number of hydrogen-bond acceptors (Lipinski definition) is 3. The molecule has 0 atom stereocenters. The van der Waals surface area contributed by atoms with Crippen LogP contribution in [0.15, 0.2) is 42.5 Å². The van der Waals surface area contributed by atoms with Crippen LogP contribution in [-0.2, 0) is 4.79 Å². The van der Waals surface area contributed by atoms with Crippen LogP contribution in [0.1, 0.15) is 23.2 Å². The first-order valence-electron chi connectivity index (χ1n) is 10.5. The van der Waals surface area contributed by atoms with E-state index in [9.17, 15) is 9.59 Å². The minimum atomic E-state index is -0.109. The minimum Gasteiger partial charge on any atom is -0.368 e. The summed E-state index contributed by atoms with van der Waals surface area (Å²) >= 11 is 18.2. The minimum absolute atomic E-state index is 0.0394. The summed E-state index contributed by atoms with van der Waals surface area (Å²) in [6.07, 6.45) is 1.34. The topological polar surface area (TPSA) is 43.9 Å². The van der Waals surface area contributed by atoms with Gasteiger partial charge in [-0.15, -0.1) is 0 Å². The number of carbonyl (C=O) groups is 2. The van der Waals surface area contributed by atoms with Gasteiger partial charge in [-0.25, -0.2) is 0 Å². The summed E-state index contributed by atoms with van der Waals surface area (Å²) in [5, 5.41) is 1.58. The molecule has 2 amide bonds. The van der Waals surface area contributed by atoms with Crippen molar-refractivity contribution in [1.29, 1.82) is 0 Å². The largest absolute Gasteiger partial charge is 0.368 e. The Morgan fingerprint density at radius 3 is 2.10 bits per heavy atom. The molecular weight excluding hydrogens is 457 g/mol. The van der Waals surface area contributed by atoms with Crippen LogP contribution in [0.2, 0.25) is 15.1 Å². The zero-order valence-electron chi connectivity index (χ0n) is 17.1. The smallest absolute Gasteiger partial charge is 0.255 e. The maximum atomic E-state index is 13.0. The number of piperazine rings is 1. The van der Waals surface area contributed by atoms with Crippen molar-refractivity contribution >= 4 is 52.3 Å². The molecule has 5 nitrogen and oxygen atoms in total. The van der Waals surface area contributed by atoms with E-state index < -0.39 is 0 Å². The van der Waals surface area contributed by atoms with Crippen molar-refractivity contribution in [2.75, 3.05) is 44.2 Å². The molecule has 2 fully saturated rings. The molecule has 0 aromatic heterocycles. The highest BCUT2D eigenvalue weighted by Crippen LogP contribution is 2.27. The van der Waals surface area contributed by atoms with Crippen molar-refractivity contribution < 1.29 is 9.59 Å². The maximum Gasteiger partial charge on any atom is 0.255 e. The van der Waals surface area contributed by atoms with Crippen LogP contribution < -0.4 is 4.90 Å². The third-order valence-corrected chi connectivity index (χ3v) is 6.84. The molecule has 2 aromatic rings. The van der Waals surface area contributed by atoms with E-state index in [2.05, 4.69) is 4.90 Å². The number of anilines is 1. The van der Waals surface area contributed by atoms with Gasteiger partial charge in [0, 0.05) is 60.9 Å². The number of nitrogens with zero attached hydrogens (tertiary/aromatic N) is 3. The Hall–Kier alpha value is -1.95. The lowest BCUT2D eigenvalue weighted by Gasteiger charge is -2.39. The van der Waals surface area contributed by atoms with E-state index in [0.717, 1.165) is 23.8 Å². The zero-order valence-corrected chi connectivity index (χ0v) is 19.3. The molecule has 4 rings (SSSR count). The average Bonchev–Trinajstić information content (AvgIpc) is 2.78. The van der Waals surface area contributed by atoms with Gasteiger partial charge in [-0.3, -0.25) is 9.59 Å². The van der Waals surface area contributed by atoms with E-state index >= 15 is 0 Å². The molecule has 0 spiro atoms. The Labute approximate surface area is 197 Å². The van der Waals surface area contributed by atoms with Crippen molar-refractivity contribution in [2.45, 2.75) is 12.8 Å². The molecule has 2 saturated heterocycles. The number of hydrogen-bond donors (Lipinski definition) is 0. The lowest BCUT2D eigenvalue weighted by Crippen LogP contribution is -2.52. The molecule has 8 heteroatoms. The van der Waals surface area contributed by atoms with Gasteiger partial charge in [-0.1, -0.05) is 40.9 Å². The van der Waals surface area contributed by atoms with Gasteiger partial charge in [-0.05, 0) is 49.2 Å². The molecule has 0 unspecified atom stereocenters. The zero-order chi connectivity index (χ0) is 22.0. The molecule has 0 radical (unpaired) electrons. The molecule has 2 aromatic carbocycles. The summed E-state index contributed by atoms with van der Waals surface area (Å²) in [5.41, 5.74) is 1.54. The van der Waals surface area contributed by atoms with Crippen LogP contribution in [0.4, 0.5) is 5.69 Å². The molecule has 0 saturated carbocycles. The number of carbonyl (C=O) groups excluding carboxylic acids is 2. The second-order valence-corrected chi connectivity index (χ2v) is 9.26. The molecule has 0 aliphatic carbocycles. The van der Waals surface area contributed by atoms with Crippen molar-refractivity contribution in [3.05, 3.63) is 63.1 Å². The quantitative estimate of drug-likeness (QED) is 0.631. The number of halogens is 3. The lowest BCUT2D eigenvalue weighted by molar-refractivity contribution is -0.137. The van der Waals surface area contributed by atoms with Gasteiger partial charge in [0.05, 0.1) is 10.6 Å². The molecule has 0 N–H and O–H groups in total. The number of amides is 2. The van der Waals surface area contributed by atoms with E-state index in [-0.39, 0.29) is 17.7 Å². The second kappa shape index (κ2) is 9.68. The maximum absolute atomic E-state index is 13.0. The van der Waals surface area contributed by atoms with Gasteiger partial charge < -0.3 is 14.7 Å². The fourth-order valence-electron chi connectivity index (χ4n) is 4.28. The van der Waals surface area contributed by atoms with E-state index in [1.165, 1.54) is 0 Å². The first-order chi connectivity index (χ1) is 14.9. The Balaban J connectivity index is 1.29. The van der Waals surface area contributed by atoms with Crippen molar-refractivity contribution in [1.82, 2.24) is 9.80 Å². The van der Waals surface area contributed by atoms with Crippen LogP contribution >= 0.6 is 34.8 Å². The van der Waals surface area contributed by atoms with E-state index in [4.69, 9.17) is 34.8 Å². The van der Waals surface area contributed by atoms with Crippen LogP contribution in [0.5, 0.6) is 0 Å². The predicted molar refractivity (Wildman–Crippen MR) is 125 cm³/mol. The van der Waals surface area contributed by atoms with Crippen molar-refractivity contribution in [2.24, 2.45) is 5.92 Å². The highest BCUT2D eigenvalue weighted by Gasteiger charge is 2.32. The normalized spacial score (nSPS) is 17.7. The molecule has 2 heterocycles. The fraction of sp³-hybridized carbons (Fsp3) is 0.391. The summed E-state index contributed by atoms with van der Waals surface area (Å²) in [4.78, 5) is 31.8. The summed E-state index contributed by atoms with van der Waals surface area (Å²) in [7, 11) is 0. The second-order valence-electron chi connectivity index (χ2n) is 7.98. The van der Waals surface area contributed by atoms with E-state index in [1.807, 2.05) is 29.2 Å². The van der Waals surface area contributed by atoms with Gasteiger partial charge in [0.25, 0.3) is 5.91 Å². The number of rotatable bonds is 3. The fourth-order valence-corrected chi connectivity index (χ4v) is 4.95. The first-order valence-corrected chi connectivity index (χ1v) is 11.6. The van der Waals surface area contributed by atoms with Crippen molar-refractivity contribution in [3.8, 4) is 0 Å². The molecule has 0 bridgehead atoms. The van der Waals surface area contributed by atoms with Crippen LogP contribution in [-0.4, -0.2) is 60.9 Å². The first kappa shape index (κ1) is 22.3. The Kier molecular flexibility index (Phi) is 6.95. The summed E-state index contributed by atoms with van der Waals surface area (Å²) in [6.45, 7) is 4.08. The van der Waals surface area contributed by atoms with Crippen LogP contribution in [0.3, 0.4) is 0 Å². The van der Waals surface area contributed by atoms with Crippen LogP contribution in [0.25, 0.3) is 0 Å². The van der Waals surface area contributed by atoms with Gasteiger partial charge in [0.2, 0.25) is 5.91 Å². The SMILES string of the molecule is O=C(c1ccc(Cl)cc1Cl)N1CCC(C(=O)N2CCN(c3cccc(Cl)c3)CC2)CC1. The summed E-state index contributed by atoms with van der Waals surface area (Å²) in [5.74, 6) is 0.0486. The summed E-state index contributed by atoms with van der Waals surface area (Å²) < 4.78 is 0. The van der Waals surface area contributed by atoms with E-state index in [1.54, 1.807) is 23.1 Å². The van der Waals surface area contributed by atoms with Crippen molar-refractivity contribution in [3.63, 3.8) is 0 Å². The monoisotopic (exact) mass is 479 g/mol. The Bertz CT molecular complexity index is 968. The number of piperidine rings is 1. The third kappa shape index (κ3) is 5.11. The van der Waals surface area contributed by atoms with Gasteiger partial charge in [0.15, 0.2) is 0 Å². The van der Waals surface area contributed by atoms with Gasteiger partial charge in [-0.2, -0.15) is 0 Å². The van der Waals surface area contributed by atoms with Gasteiger partial charge >= 0.3 is 0 Å². The average molecular weight is 481 g/mol. The summed E-state index contributed by atoms with van der Waals surface area (Å²) in [6, 6.07) is 12.7. The molecule has 2 aliphatic heterocycles. The molecule has 2 aliphatic rings. The molecule has 164 valence electrons. The predicted octanol–water partition coefficient (Wildman–Crippen LogP) is 4.85. The number of likely N-dealkylation sites (tertiary alicyclic amines) is 1. The standard InChI is InChI=1S/C23H24Cl3N3O2/c24-17-2-1-3-19(14-17)27-10-12-29(13-11-27)22(30)16-6-8-28(9-7-16)23(31)20-5-4-18(25)15-21(20)26/h1-5,14-16H,6-13H2. The molecule has 31 heavy (non-hydrogen) atoms. The van der Waals surface area contributed by atoms with Gasteiger partial charge in [0.1, 0.15) is 0 Å². The highest BCUT2D eigenvalue weighted by molar-refractivity contribution is 6.36. The lowest BCUT2D eigenvalue weighted by atomic mass is 9.94. The number of benzene rings is 2. The Morgan fingerprint density at radius 2 is 1.45 bits per heavy atom.